The lowest BCUT2D eigenvalue weighted by Crippen LogP contribution is -2.20. The Balaban J connectivity index is 1.10. The summed E-state index contributed by atoms with van der Waals surface area (Å²) in [6.07, 6.45) is 1.51. The van der Waals surface area contributed by atoms with Crippen LogP contribution in [0.1, 0.15) is 15.9 Å². The number of anilines is 3. The third-order valence-corrected chi connectivity index (χ3v) is 7.75. The smallest absolute Gasteiger partial charge is 0.271 e. The number of carbonyl (C=O) groups excluding carboxylic acids is 2. The van der Waals surface area contributed by atoms with Gasteiger partial charge in [0.15, 0.2) is 11.7 Å². The van der Waals surface area contributed by atoms with E-state index in [0.717, 1.165) is 22.1 Å². The molecule has 0 aliphatic carbocycles. The summed E-state index contributed by atoms with van der Waals surface area (Å²) < 4.78 is 6.24. The van der Waals surface area contributed by atoms with E-state index in [9.17, 15) is 9.59 Å². The Labute approximate surface area is 269 Å². The number of aromatic nitrogens is 1. The van der Waals surface area contributed by atoms with Gasteiger partial charge in [0.1, 0.15) is 5.75 Å². The summed E-state index contributed by atoms with van der Waals surface area (Å²) in [5, 5.41) is 14.0. The summed E-state index contributed by atoms with van der Waals surface area (Å²) in [6, 6.07) is 26.5. The van der Waals surface area contributed by atoms with E-state index in [1.54, 1.807) is 54.6 Å². The molecule has 43 heavy (non-hydrogen) atoms. The summed E-state index contributed by atoms with van der Waals surface area (Å²) in [5.41, 5.74) is 6.90. The molecule has 0 atom stereocenters. The molecule has 2 amide bonds. The van der Waals surface area contributed by atoms with E-state index in [1.165, 1.54) is 17.6 Å². The molecule has 1 heterocycles. The van der Waals surface area contributed by atoms with Crippen molar-refractivity contribution in [1.82, 2.24) is 10.4 Å². The summed E-state index contributed by atoms with van der Waals surface area (Å²) in [7, 11) is 0. The Morgan fingerprint density at radius 2 is 1.58 bits per heavy atom. The molecule has 12 heteroatoms. The molecule has 0 aliphatic heterocycles. The average molecular weight is 695 g/mol. The Kier molecular flexibility index (Phi) is 10.1. The standard InChI is InChI=1S/C31H22BrCl2N5O3S/c32-26-15-19(1-14-28(26)42-17-29(40)36-24-10-6-22(33)7-11-24)16-35-39-30(41)21-4-2-20(3-5-21)27-18-43-31(38-27)37-25-12-8-23(34)9-13-25/h1-16,18H,17H2,(H,36,40)(H,37,38)(H,39,41)/b35-16-. The molecular formula is C31H22BrCl2N5O3S. The fraction of sp³-hybridized carbons (Fsp3) is 0.0323. The molecule has 0 fully saturated rings. The molecule has 216 valence electrons. The van der Waals surface area contributed by atoms with E-state index in [4.69, 9.17) is 27.9 Å². The topological polar surface area (TPSA) is 105 Å². The zero-order valence-corrected chi connectivity index (χ0v) is 26.1. The van der Waals surface area contributed by atoms with E-state index in [-0.39, 0.29) is 18.4 Å². The summed E-state index contributed by atoms with van der Waals surface area (Å²) in [4.78, 5) is 29.4. The Morgan fingerprint density at radius 1 is 0.907 bits per heavy atom. The third kappa shape index (κ3) is 8.65. The van der Waals surface area contributed by atoms with Gasteiger partial charge in [0.05, 0.1) is 16.4 Å². The molecular weight excluding hydrogens is 673 g/mol. The minimum Gasteiger partial charge on any atom is -0.483 e. The van der Waals surface area contributed by atoms with Crippen molar-refractivity contribution in [2.45, 2.75) is 0 Å². The number of nitrogens with zero attached hydrogens (tertiary/aromatic N) is 2. The first-order valence-electron chi connectivity index (χ1n) is 12.7. The van der Waals surface area contributed by atoms with E-state index in [1.807, 2.05) is 41.8 Å². The predicted octanol–water partition coefficient (Wildman–Crippen LogP) is 8.40. The number of halogens is 3. The number of amides is 2. The molecule has 8 nitrogen and oxygen atoms in total. The number of ether oxygens (including phenoxy) is 1. The molecule has 5 aromatic rings. The van der Waals surface area contributed by atoms with Crippen LogP contribution in [0.25, 0.3) is 11.3 Å². The lowest BCUT2D eigenvalue weighted by Gasteiger charge is -2.09. The van der Waals surface area contributed by atoms with Crippen molar-refractivity contribution in [2.75, 3.05) is 17.2 Å². The highest BCUT2D eigenvalue weighted by atomic mass is 79.9. The highest BCUT2D eigenvalue weighted by molar-refractivity contribution is 9.10. The third-order valence-electron chi connectivity index (χ3n) is 5.86. The number of carbonyl (C=O) groups is 2. The number of hydrogen-bond acceptors (Lipinski definition) is 7. The zero-order chi connectivity index (χ0) is 30.2. The number of hydrogen-bond donors (Lipinski definition) is 3. The Bertz CT molecular complexity index is 1760. The fourth-order valence-corrected chi connectivity index (χ4v) is 5.23. The minimum absolute atomic E-state index is 0.173. The molecule has 0 bridgehead atoms. The van der Waals surface area contributed by atoms with Crippen molar-refractivity contribution in [3.8, 4) is 17.0 Å². The molecule has 0 saturated heterocycles. The van der Waals surface area contributed by atoms with Crippen molar-refractivity contribution in [3.05, 3.63) is 122 Å². The van der Waals surface area contributed by atoms with Gasteiger partial charge < -0.3 is 15.4 Å². The molecule has 0 unspecified atom stereocenters. The van der Waals surface area contributed by atoms with Crippen LogP contribution in [0.2, 0.25) is 10.0 Å². The maximum Gasteiger partial charge on any atom is 0.271 e. The maximum absolute atomic E-state index is 12.6. The molecule has 3 N–H and O–H groups in total. The minimum atomic E-state index is -0.350. The van der Waals surface area contributed by atoms with Gasteiger partial charge in [-0.3, -0.25) is 9.59 Å². The molecule has 0 saturated carbocycles. The van der Waals surface area contributed by atoms with Gasteiger partial charge in [-0.15, -0.1) is 11.3 Å². The Morgan fingerprint density at radius 3 is 2.26 bits per heavy atom. The van der Waals surface area contributed by atoms with Gasteiger partial charge in [-0.25, -0.2) is 10.4 Å². The van der Waals surface area contributed by atoms with Gasteiger partial charge >= 0.3 is 0 Å². The first-order valence-corrected chi connectivity index (χ1v) is 15.1. The van der Waals surface area contributed by atoms with Crippen LogP contribution in [0.4, 0.5) is 16.5 Å². The molecule has 0 aliphatic rings. The van der Waals surface area contributed by atoms with Crippen LogP contribution in [-0.4, -0.2) is 29.6 Å². The second kappa shape index (κ2) is 14.3. The van der Waals surface area contributed by atoms with Gasteiger partial charge in [0.25, 0.3) is 11.8 Å². The van der Waals surface area contributed by atoms with Crippen molar-refractivity contribution in [3.63, 3.8) is 0 Å². The van der Waals surface area contributed by atoms with Crippen LogP contribution >= 0.6 is 50.5 Å². The zero-order valence-electron chi connectivity index (χ0n) is 22.2. The largest absolute Gasteiger partial charge is 0.483 e. The second-order valence-electron chi connectivity index (χ2n) is 8.98. The van der Waals surface area contributed by atoms with Gasteiger partial charge in [0, 0.05) is 37.9 Å². The first-order chi connectivity index (χ1) is 20.8. The Hall–Kier alpha value is -4.22. The van der Waals surface area contributed by atoms with Crippen LogP contribution in [-0.2, 0) is 4.79 Å². The number of nitrogens with one attached hydrogen (secondary N) is 3. The van der Waals surface area contributed by atoms with Crippen molar-refractivity contribution < 1.29 is 14.3 Å². The number of hydrazone groups is 1. The molecule has 1 aromatic heterocycles. The van der Waals surface area contributed by atoms with Crippen molar-refractivity contribution in [1.29, 1.82) is 0 Å². The van der Waals surface area contributed by atoms with Gasteiger partial charge in [-0.1, -0.05) is 35.3 Å². The monoisotopic (exact) mass is 693 g/mol. The maximum atomic E-state index is 12.6. The van der Waals surface area contributed by atoms with Gasteiger partial charge in [0.2, 0.25) is 0 Å². The number of rotatable bonds is 10. The quantitative estimate of drug-likeness (QED) is 0.101. The van der Waals surface area contributed by atoms with Crippen LogP contribution < -0.4 is 20.8 Å². The van der Waals surface area contributed by atoms with E-state index in [2.05, 4.69) is 42.1 Å². The average Bonchev–Trinajstić information content (AvgIpc) is 3.47. The summed E-state index contributed by atoms with van der Waals surface area (Å²) >= 11 is 16.7. The molecule has 0 radical (unpaired) electrons. The van der Waals surface area contributed by atoms with Crippen LogP contribution in [0.3, 0.4) is 0 Å². The second-order valence-corrected chi connectivity index (χ2v) is 11.6. The molecule has 4 aromatic carbocycles. The van der Waals surface area contributed by atoms with Crippen molar-refractivity contribution >= 4 is 85.0 Å². The lowest BCUT2D eigenvalue weighted by atomic mass is 10.1. The van der Waals surface area contributed by atoms with Gasteiger partial charge in [-0.2, -0.15) is 5.10 Å². The van der Waals surface area contributed by atoms with Crippen molar-refractivity contribution in [2.24, 2.45) is 5.10 Å². The van der Waals surface area contributed by atoms with E-state index < -0.39 is 0 Å². The number of benzene rings is 4. The van der Waals surface area contributed by atoms with Crippen LogP contribution in [0, 0.1) is 0 Å². The normalized spacial score (nSPS) is 10.9. The van der Waals surface area contributed by atoms with E-state index in [0.29, 0.717) is 37.1 Å². The highest BCUT2D eigenvalue weighted by Crippen LogP contribution is 2.28. The lowest BCUT2D eigenvalue weighted by molar-refractivity contribution is -0.118. The predicted molar refractivity (Wildman–Crippen MR) is 177 cm³/mol. The number of thiazole rings is 1. The van der Waals surface area contributed by atoms with Crippen LogP contribution in [0.15, 0.2) is 106 Å². The van der Waals surface area contributed by atoms with Crippen LogP contribution in [0.5, 0.6) is 5.75 Å². The van der Waals surface area contributed by atoms with E-state index >= 15 is 0 Å². The van der Waals surface area contributed by atoms with Gasteiger partial charge in [-0.05, 0) is 100 Å². The first kappa shape index (κ1) is 30.2. The summed E-state index contributed by atoms with van der Waals surface area (Å²) in [5.74, 6) is -0.171. The fourth-order valence-electron chi connectivity index (χ4n) is 3.73. The molecule has 5 rings (SSSR count). The molecule has 0 spiro atoms. The summed E-state index contributed by atoms with van der Waals surface area (Å²) in [6.45, 7) is -0.173. The SMILES string of the molecule is O=C(COc1ccc(/C=N\NC(=O)c2ccc(-c3csc(Nc4ccc(Cl)cc4)n3)cc2)cc1Br)Nc1ccc(Cl)cc1. The highest BCUT2D eigenvalue weighted by Gasteiger charge is 2.10.